The normalized spacial score (nSPS) is 17.4. The van der Waals surface area contributed by atoms with Gasteiger partial charge in [0.05, 0.1) is 32.0 Å². The Bertz CT molecular complexity index is 1830. The molecule has 580 valence electrons. The highest BCUT2D eigenvalue weighted by atomic mass is 16.7. The standard InChI is InChI=1S/C88H163NO10/c1-3-5-7-9-11-13-15-17-19-20-45-48-52-56-60-64-68-72-76-84(93)97-77-73-69-65-61-57-53-49-46-43-41-39-37-35-33-31-29-27-25-23-21-22-24-26-28-30-32-34-36-38-40-42-44-47-51-55-59-63-67-71-75-83(92)89-80(79-98-88-87(96)86(95)85(94)82(78-90)99-88)81(91)74-70-66-62-58-54-50-18-16-14-12-10-8-6-4-2/h14,16,21-22,25,27,54,58,70,74,80-82,85-88,90-91,94-96H,3-13,15,17-20,23-24,26,28-53,55-57,59-69,71-73,75-79H2,1-2H3,(H,89,92)/b16-14+,22-21-,27-25-,58-54+,74-70+. The number of amides is 1. The molecular weight excluding hydrogens is 1230 g/mol. The topological polar surface area (TPSA) is 175 Å². The molecule has 1 fully saturated rings. The molecule has 1 aliphatic rings. The lowest BCUT2D eigenvalue weighted by molar-refractivity contribution is -0.302. The van der Waals surface area contributed by atoms with Crippen LogP contribution in [0.3, 0.4) is 0 Å². The second-order valence-corrected chi connectivity index (χ2v) is 29.9. The van der Waals surface area contributed by atoms with Gasteiger partial charge in [0.2, 0.25) is 5.91 Å². The molecule has 1 heterocycles. The van der Waals surface area contributed by atoms with E-state index in [2.05, 4.69) is 67.8 Å². The van der Waals surface area contributed by atoms with Crippen molar-refractivity contribution in [2.24, 2.45) is 0 Å². The molecule has 11 heteroatoms. The minimum Gasteiger partial charge on any atom is -0.466 e. The minimum atomic E-state index is -1.58. The Balaban J connectivity index is 1.89. The zero-order valence-electron chi connectivity index (χ0n) is 65.0. The molecule has 0 aliphatic carbocycles. The van der Waals surface area contributed by atoms with Crippen molar-refractivity contribution in [2.75, 3.05) is 19.8 Å². The van der Waals surface area contributed by atoms with Crippen LogP contribution in [0.4, 0.5) is 0 Å². The second kappa shape index (κ2) is 76.5. The van der Waals surface area contributed by atoms with Crippen LogP contribution in [-0.2, 0) is 23.8 Å². The van der Waals surface area contributed by atoms with Crippen molar-refractivity contribution in [1.29, 1.82) is 0 Å². The number of aliphatic hydroxyl groups is 5. The summed E-state index contributed by atoms with van der Waals surface area (Å²) >= 11 is 0. The van der Waals surface area contributed by atoms with Crippen LogP contribution in [0.5, 0.6) is 0 Å². The molecule has 7 unspecified atom stereocenters. The van der Waals surface area contributed by atoms with Crippen molar-refractivity contribution in [3.63, 3.8) is 0 Å². The fourth-order valence-corrected chi connectivity index (χ4v) is 13.6. The fourth-order valence-electron chi connectivity index (χ4n) is 13.6. The van der Waals surface area contributed by atoms with E-state index in [9.17, 15) is 35.1 Å². The Labute approximate surface area is 611 Å². The summed E-state index contributed by atoms with van der Waals surface area (Å²) in [5, 5.41) is 54.6. The highest BCUT2D eigenvalue weighted by Crippen LogP contribution is 2.24. The number of ether oxygens (including phenoxy) is 3. The van der Waals surface area contributed by atoms with Crippen molar-refractivity contribution >= 4 is 11.9 Å². The first-order valence-corrected chi connectivity index (χ1v) is 43.1. The summed E-state index contributed by atoms with van der Waals surface area (Å²) in [4.78, 5) is 25.2. The van der Waals surface area contributed by atoms with Crippen LogP contribution >= 0.6 is 0 Å². The van der Waals surface area contributed by atoms with Gasteiger partial charge < -0.3 is 45.1 Å². The van der Waals surface area contributed by atoms with Crippen molar-refractivity contribution in [1.82, 2.24) is 5.32 Å². The average molecular weight is 1400 g/mol. The van der Waals surface area contributed by atoms with Crippen LogP contribution in [-0.4, -0.2) is 100 Å². The van der Waals surface area contributed by atoms with Crippen molar-refractivity contribution in [3.05, 3.63) is 60.8 Å². The summed E-state index contributed by atoms with van der Waals surface area (Å²) in [5.41, 5.74) is 0. The smallest absolute Gasteiger partial charge is 0.305 e. The third kappa shape index (κ3) is 64.7. The summed E-state index contributed by atoms with van der Waals surface area (Å²) in [6.07, 6.45) is 94.2. The number of rotatable bonds is 77. The van der Waals surface area contributed by atoms with Gasteiger partial charge in [-0.3, -0.25) is 9.59 Å². The van der Waals surface area contributed by atoms with E-state index >= 15 is 0 Å². The van der Waals surface area contributed by atoms with E-state index in [-0.39, 0.29) is 18.5 Å². The maximum atomic E-state index is 13.1. The summed E-state index contributed by atoms with van der Waals surface area (Å²) in [7, 11) is 0. The third-order valence-corrected chi connectivity index (χ3v) is 20.3. The van der Waals surface area contributed by atoms with Crippen LogP contribution in [0.2, 0.25) is 0 Å². The highest BCUT2D eigenvalue weighted by molar-refractivity contribution is 5.76. The fraction of sp³-hybridized carbons (Fsp3) is 0.864. The quantitative estimate of drug-likeness (QED) is 0.0195. The van der Waals surface area contributed by atoms with Crippen LogP contribution in [0, 0.1) is 0 Å². The number of carbonyl (C=O) groups is 2. The second-order valence-electron chi connectivity index (χ2n) is 29.9. The number of hydrogen-bond acceptors (Lipinski definition) is 10. The van der Waals surface area contributed by atoms with Gasteiger partial charge in [-0.15, -0.1) is 0 Å². The van der Waals surface area contributed by atoms with Gasteiger partial charge >= 0.3 is 5.97 Å². The zero-order valence-corrected chi connectivity index (χ0v) is 65.0. The molecule has 11 nitrogen and oxygen atoms in total. The van der Waals surface area contributed by atoms with Gasteiger partial charge in [-0.1, -0.05) is 383 Å². The first-order valence-electron chi connectivity index (χ1n) is 43.1. The molecule has 6 N–H and O–H groups in total. The Morgan fingerprint density at radius 2 is 0.687 bits per heavy atom. The summed E-state index contributed by atoms with van der Waals surface area (Å²) in [6, 6.07) is -0.834. The number of nitrogens with one attached hydrogen (secondary N) is 1. The first-order chi connectivity index (χ1) is 48.7. The lowest BCUT2D eigenvalue weighted by Crippen LogP contribution is -2.60. The van der Waals surface area contributed by atoms with Crippen molar-refractivity contribution in [2.45, 2.75) is 468 Å². The zero-order chi connectivity index (χ0) is 71.5. The molecule has 1 saturated heterocycles. The number of esters is 1. The number of aliphatic hydroxyl groups excluding tert-OH is 5. The van der Waals surface area contributed by atoms with Crippen molar-refractivity contribution < 1.29 is 49.3 Å². The van der Waals surface area contributed by atoms with Crippen LogP contribution in [0.1, 0.15) is 425 Å². The Kier molecular flexibility index (Phi) is 72.9. The van der Waals surface area contributed by atoms with E-state index < -0.39 is 49.5 Å². The average Bonchev–Trinajstić information content (AvgIpc) is 0.825. The molecule has 0 saturated carbocycles. The highest BCUT2D eigenvalue weighted by Gasteiger charge is 2.44. The molecule has 7 atom stereocenters. The van der Waals surface area contributed by atoms with E-state index in [1.807, 2.05) is 6.08 Å². The molecule has 0 aromatic rings. The molecule has 0 aromatic heterocycles. The number of hydrogen-bond donors (Lipinski definition) is 6. The molecule has 99 heavy (non-hydrogen) atoms. The first kappa shape index (κ1) is 94.4. The van der Waals surface area contributed by atoms with E-state index in [1.54, 1.807) is 6.08 Å². The Hall–Kier alpha value is -2.64. The van der Waals surface area contributed by atoms with Crippen molar-refractivity contribution in [3.8, 4) is 0 Å². The number of allylic oxidation sites excluding steroid dienone is 9. The van der Waals surface area contributed by atoms with Gasteiger partial charge in [0.15, 0.2) is 6.29 Å². The van der Waals surface area contributed by atoms with Crippen LogP contribution < -0.4 is 5.32 Å². The van der Waals surface area contributed by atoms with Crippen LogP contribution in [0.25, 0.3) is 0 Å². The maximum absolute atomic E-state index is 13.1. The van der Waals surface area contributed by atoms with Crippen LogP contribution in [0.15, 0.2) is 60.8 Å². The minimum absolute atomic E-state index is 0.0193. The van der Waals surface area contributed by atoms with E-state index in [0.29, 0.717) is 19.4 Å². The number of unbranched alkanes of at least 4 members (excludes halogenated alkanes) is 55. The van der Waals surface area contributed by atoms with Gasteiger partial charge in [0, 0.05) is 12.8 Å². The molecule has 1 aliphatic heterocycles. The SMILES string of the molecule is CCCCCC/C=C/CC/C=C/CC/C=C/C(O)C(COC1OC(CO)C(O)C(O)C1O)NC(=O)CCCCCCCCCCCCCCCCCCC/C=C\C/C=C\CCCCCCCCCCCCCCCCCOC(=O)CCCCCCCCCCCCCCCCCCCC. The van der Waals surface area contributed by atoms with Gasteiger partial charge in [-0.2, -0.15) is 0 Å². The Morgan fingerprint density at radius 3 is 1.07 bits per heavy atom. The molecule has 0 aromatic carbocycles. The van der Waals surface area contributed by atoms with Gasteiger partial charge in [0.25, 0.3) is 0 Å². The summed E-state index contributed by atoms with van der Waals surface area (Å²) in [5.74, 6) is -0.173. The Morgan fingerprint density at radius 1 is 0.374 bits per heavy atom. The van der Waals surface area contributed by atoms with E-state index in [1.165, 1.54) is 327 Å². The monoisotopic (exact) mass is 1390 g/mol. The summed E-state index contributed by atoms with van der Waals surface area (Å²) in [6.45, 7) is 4.36. The van der Waals surface area contributed by atoms with Gasteiger partial charge in [0.1, 0.15) is 24.4 Å². The molecular formula is C88H163NO10. The number of carbonyl (C=O) groups excluding carboxylic acids is 2. The predicted octanol–water partition coefficient (Wildman–Crippen LogP) is 24.0. The largest absolute Gasteiger partial charge is 0.466 e. The molecule has 0 spiro atoms. The van der Waals surface area contributed by atoms with E-state index in [4.69, 9.17) is 14.2 Å². The molecule has 1 amide bonds. The van der Waals surface area contributed by atoms with E-state index in [0.717, 1.165) is 70.6 Å². The molecule has 0 bridgehead atoms. The maximum Gasteiger partial charge on any atom is 0.305 e. The lowest BCUT2D eigenvalue weighted by atomic mass is 9.99. The third-order valence-electron chi connectivity index (χ3n) is 20.3. The lowest BCUT2D eigenvalue weighted by Gasteiger charge is -2.40. The molecule has 1 rings (SSSR count). The summed E-state index contributed by atoms with van der Waals surface area (Å²) < 4.78 is 16.8. The van der Waals surface area contributed by atoms with Gasteiger partial charge in [-0.05, 0) is 89.9 Å². The predicted molar refractivity (Wildman–Crippen MR) is 421 cm³/mol. The molecule has 0 radical (unpaired) electrons. The van der Waals surface area contributed by atoms with Gasteiger partial charge in [-0.25, -0.2) is 0 Å².